The molecule has 0 saturated carbocycles. The van der Waals surface area contributed by atoms with Crippen LogP contribution in [-0.4, -0.2) is 31.0 Å². The summed E-state index contributed by atoms with van der Waals surface area (Å²) in [5, 5.41) is 2.72. The Morgan fingerprint density at radius 1 is 1.73 bits per heavy atom. The zero-order valence-electron chi connectivity index (χ0n) is 6.89. The van der Waals surface area contributed by atoms with Crippen LogP contribution in [0.1, 0.15) is 13.3 Å². The van der Waals surface area contributed by atoms with Gasteiger partial charge < -0.3 is 10.1 Å². The van der Waals surface area contributed by atoms with E-state index in [0.29, 0.717) is 13.2 Å². The van der Waals surface area contributed by atoms with Gasteiger partial charge in [-0.1, -0.05) is 22.9 Å². The third kappa shape index (κ3) is 5.21. The fourth-order valence-corrected chi connectivity index (χ4v) is 0.734. The van der Waals surface area contributed by atoms with E-state index in [-0.39, 0.29) is 10.7 Å². The number of nitrogens with one attached hydrogen (secondary N) is 1. The summed E-state index contributed by atoms with van der Waals surface area (Å²) in [6.07, 6.45) is 0.804. The smallest absolute Gasteiger partial charge is 0.233 e. The fraction of sp³-hybridized carbons (Fsp3) is 0.857. The van der Waals surface area contributed by atoms with Crippen molar-refractivity contribution >= 4 is 21.8 Å². The largest absolute Gasteiger partial charge is 0.383 e. The number of halogens is 1. The van der Waals surface area contributed by atoms with Gasteiger partial charge in [0.2, 0.25) is 5.91 Å². The van der Waals surface area contributed by atoms with Crippen molar-refractivity contribution in [3.63, 3.8) is 0 Å². The highest BCUT2D eigenvalue weighted by Crippen LogP contribution is 2.02. The molecule has 0 heterocycles. The lowest BCUT2D eigenvalue weighted by atomic mass is 10.3. The molecule has 0 bridgehead atoms. The van der Waals surface area contributed by atoms with Crippen LogP contribution in [-0.2, 0) is 9.53 Å². The molecule has 0 saturated heterocycles. The lowest BCUT2D eigenvalue weighted by Gasteiger charge is -2.07. The highest BCUT2D eigenvalue weighted by molar-refractivity contribution is 9.10. The lowest BCUT2D eigenvalue weighted by molar-refractivity contribution is -0.120. The zero-order chi connectivity index (χ0) is 8.69. The molecule has 11 heavy (non-hydrogen) atoms. The van der Waals surface area contributed by atoms with Crippen molar-refractivity contribution in [3.8, 4) is 0 Å². The number of amides is 1. The van der Waals surface area contributed by atoms with E-state index in [1.54, 1.807) is 7.11 Å². The van der Waals surface area contributed by atoms with Crippen LogP contribution in [0.2, 0.25) is 0 Å². The van der Waals surface area contributed by atoms with Crippen LogP contribution in [0, 0.1) is 0 Å². The standard InChI is InChI=1S/C7H14BrNO2/c1-3-6(8)7(10)9-4-5-11-2/h6H,3-5H2,1-2H3,(H,9,10)/t6-/m1/s1. The second-order valence-corrected chi connectivity index (χ2v) is 3.26. The van der Waals surface area contributed by atoms with Crippen LogP contribution in [0.25, 0.3) is 0 Å². The molecule has 0 aromatic heterocycles. The molecule has 1 amide bonds. The molecule has 0 unspecified atom stereocenters. The van der Waals surface area contributed by atoms with Gasteiger partial charge in [-0.05, 0) is 6.42 Å². The molecule has 0 aliphatic heterocycles. The summed E-state index contributed by atoms with van der Waals surface area (Å²) < 4.78 is 4.78. The number of carbonyl (C=O) groups is 1. The second kappa shape index (κ2) is 6.61. The maximum Gasteiger partial charge on any atom is 0.233 e. The van der Waals surface area contributed by atoms with Crippen LogP contribution >= 0.6 is 15.9 Å². The number of ether oxygens (including phenoxy) is 1. The molecule has 0 rings (SSSR count). The first kappa shape index (κ1) is 10.9. The molecule has 0 spiro atoms. The highest BCUT2D eigenvalue weighted by atomic mass is 79.9. The SMILES string of the molecule is CC[C@@H](Br)C(=O)NCCOC. The second-order valence-electron chi connectivity index (χ2n) is 2.16. The molecular formula is C7H14BrNO2. The maximum atomic E-state index is 11.0. The first-order valence-electron chi connectivity index (χ1n) is 3.63. The van der Waals surface area contributed by atoms with Crippen molar-refractivity contribution in [2.45, 2.75) is 18.2 Å². The number of rotatable bonds is 5. The summed E-state index contributed by atoms with van der Waals surface area (Å²) in [5.41, 5.74) is 0. The molecular weight excluding hydrogens is 210 g/mol. The van der Waals surface area contributed by atoms with Crippen molar-refractivity contribution in [1.29, 1.82) is 0 Å². The predicted octanol–water partition coefficient (Wildman–Crippen LogP) is 0.923. The number of alkyl halides is 1. The summed E-state index contributed by atoms with van der Waals surface area (Å²) in [6.45, 7) is 3.10. The molecule has 3 nitrogen and oxygen atoms in total. The molecule has 0 radical (unpaired) electrons. The number of carbonyl (C=O) groups excluding carboxylic acids is 1. The molecule has 1 atom stereocenters. The van der Waals surface area contributed by atoms with E-state index < -0.39 is 0 Å². The topological polar surface area (TPSA) is 38.3 Å². The molecule has 0 aliphatic carbocycles. The van der Waals surface area contributed by atoms with E-state index >= 15 is 0 Å². The molecule has 1 N–H and O–H groups in total. The Hall–Kier alpha value is -0.0900. The highest BCUT2D eigenvalue weighted by Gasteiger charge is 2.10. The maximum absolute atomic E-state index is 11.0. The van der Waals surface area contributed by atoms with Crippen molar-refractivity contribution < 1.29 is 9.53 Å². The lowest BCUT2D eigenvalue weighted by Crippen LogP contribution is -2.33. The Labute approximate surface area is 75.6 Å². The normalized spacial score (nSPS) is 12.6. The average molecular weight is 224 g/mol. The van der Waals surface area contributed by atoms with Crippen molar-refractivity contribution in [2.24, 2.45) is 0 Å². The summed E-state index contributed by atoms with van der Waals surface area (Å²) in [6, 6.07) is 0. The first-order valence-corrected chi connectivity index (χ1v) is 4.54. The summed E-state index contributed by atoms with van der Waals surface area (Å²) in [7, 11) is 1.61. The zero-order valence-corrected chi connectivity index (χ0v) is 8.48. The van der Waals surface area contributed by atoms with E-state index in [4.69, 9.17) is 4.74 Å². The van der Waals surface area contributed by atoms with Crippen LogP contribution in [0.5, 0.6) is 0 Å². The molecule has 66 valence electrons. The summed E-state index contributed by atoms with van der Waals surface area (Å²) in [5.74, 6) is 0.0320. The van der Waals surface area contributed by atoms with Gasteiger partial charge in [-0.25, -0.2) is 0 Å². The Morgan fingerprint density at radius 2 is 2.36 bits per heavy atom. The number of methoxy groups -OCH3 is 1. The monoisotopic (exact) mass is 223 g/mol. The minimum atomic E-state index is -0.0700. The Morgan fingerprint density at radius 3 is 2.82 bits per heavy atom. The van der Waals surface area contributed by atoms with E-state index in [9.17, 15) is 4.79 Å². The van der Waals surface area contributed by atoms with Crippen LogP contribution in [0.4, 0.5) is 0 Å². The number of hydrogen-bond acceptors (Lipinski definition) is 2. The van der Waals surface area contributed by atoms with E-state index in [2.05, 4.69) is 21.2 Å². The van der Waals surface area contributed by atoms with E-state index in [1.807, 2.05) is 6.92 Å². The quantitative estimate of drug-likeness (QED) is 0.557. The van der Waals surface area contributed by atoms with E-state index in [0.717, 1.165) is 6.42 Å². The van der Waals surface area contributed by atoms with Gasteiger partial charge in [0.15, 0.2) is 0 Å². The Bertz CT molecular complexity index is 119. The minimum Gasteiger partial charge on any atom is -0.383 e. The fourth-order valence-electron chi connectivity index (χ4n) is 0.572. The molecule has 0 aliphatic rings. The third-order valence-electron chi connectivity index (χ3n) is 1.25. The van der Waals surface area contributed by atoms with Gasteiger partial charge in [0.05, 0.1) is 11.4 Å². The van der Waals surface area contributed by atoms with Gasteiger partial charge >= 0.3 is 0 Å². The third-order valence-corrected chi connectivity index (χ3v) is 2.31. The van der Waals surface area contributed by atoms with Crippen molar-refractivity contribution in [1.82, 2.24) is 5.32 Å². The Balaban J connectivity index is 3.36. The van der Waals surface area contributed by atoms with Gasteiger partial charge in [0, 0.05) is 13.7 Å². The van der Waals surface area contributed by atoms with Crippen molar-refractivity contribution in [3.05, 3.63) is 0 Å². The molecule has 0 aromatic rings. The van der Waals surface area contributed by atoms with Gasteiger partial charge in [0.1, 0.15) is 0 Å². The predicted molar refractivity (Wildman–Crippen MR) is 47.9 cm³/mol. The van der Waals surface area contributed by atoms with Crippen LogP contribution < -0.4 is 5.32 Å². The van der Waals surface area contributed by atoms with Gasteiger partial charge in [-0.15, -0.1) is 0 Å². The number of hydrogen-bond donors (Lipinski definition) is 1. The summed E-state index contributed by atoms with van der Waals surface area (Å²) >= 11 is 3.24. The van der Waals surface area contributed by atoms with Gasteiger partial charge in [0.25, 0.3) is 0 Å². The first-order chi connectivity index (χ1) is 5.22. The summed E-state index contributed by atoms with van der Waals surface area (Å²) in [4.78, 5) is 11.0. The van der Waals surface area contributed by atoms with Crippen LogP contribution in [0.3, 0.4) is 0 Å². The van der Waals surface area contributed by atoms with Gasteiger partial charge in [-0.3, -0.25) is 4.79 Å². The molecule has 4 heteroatoms. The minimum absolute atomic E-state index is 0.0320. The van der Waals surface area contributed by atoms with E-state index in [1.165, 1.54) is 0 Å². The average Bonchev–Trinajstić information content (AvgIpc) is 2.03. The van der Waals surface area contributed by atoms with Crippen molar-refractivity contribution in [2.75, 3.05) is 20.3 Å². The Kier molecular flexibility index (Phi) is 6.56. The molecule has 0 aromatic carbocycles. The molecule has 0 fully saturated rings. The van der Waals surface area contributed by atoms with Crippen LogP contribution in [0.15, 0.2) is 0 Å². The van der Waals surface area contributed by atoms with Gasteiger partial charge in [-0.2, -0.15) is 0 Å².